The summed E-state index contributed by atoms with van der Waals surface area (Å²) >= 11 is 5.26. The van der Waals surface area contributed by atoms with E-state index in [2.05, 4.69) is 62.3 Å². The van der Waals surface area contributed by atoms with Crippen LogP contribution >= 0.6 is 27.3 Å². The van der Waals surface area contributed by atoms with E-state index >= 15 is 0 Å². The van der Waals surface area contributed by atoms with Crippen molar-refractivity contribution in [1.82, 2.24) is 9.97 Å². The molecule has 0 radical (unpaired) electrons. The summed E-state index contributed by atoms with van der Waals surface area (Å²) in [5, 5.41) is 2.13. The number of halogens is 1. The molecule has 0 amide bonds. The molecule has 0 spiro atoms. The lowest BCUT2D eigenvalue weighted by Gasteiger charge is -2.27. The number of aromatic nitrogens is 2. The normalized spacial score (nSPS) is 12.5. The molecule has 0 fully saturated rings. The molecule has 0 saturated heterocycles. The Kier molecular flexibility index (Phi) is 4.22. The van der Waals surface area contributed by atoms with Crippen LogP contribution in [0.2, 0.25) is 0 Å². The second kappa shape index (κ2) is 6.12. The lowest BCUT2D eigenvalue weighted by Crippen LogP contribution is -2.30. The SMILES string of the molecule is CC(Cc1cccs1)N(C)c1ccnc2cc(Br)cnc12. The van der Waals surface area contributed by atoms with Gasteiger partial charge in [0.2, 0.25) is 0 Å². The van der Waals surface area contributed by atoms with Crippen LogP contribution in [-0.4, -0.2) is 23.1 Å². The molecule has 3 nitrogen and oxygen atoms in total. The molecule has 3 aromatic heterocycles. The molecule has 3 heterocycles. The zero-order chi connectivity index (χ0) is 14.8. The van der Waals surface area contributed by atoms with Crippen LogP contribution in [0.3, 0.4) is 0 Å². The first-order chi connectivity index (χ1) is 10.1. The molecule has 0 aliphatic rings. The summed E-state index contributed by atoms with van der Waals surface area (Å²) in [6.45, 7) is 2.24. The molecule has 0 N–H and O–H groups in total. The summed E-state index contributed by atoms with van der Waals surface area (Å²) in [6, 6.07) is 8.74. The maximum Gasteiger partial charge on any atom is 0.112 e. The molecular formula is C16H16BrN3S. The summed E-state index contributed by atoms with van der Waals surface area (Å²) < 4.78 is 0.953. The Hall–Kier alpha value is -1.46. The van der Waals surface area contributed by atoms with Gasteiger partial charge in [0.15, 0.2) is 0 Å². The van der Waals surface area contributed by atoms with E-state index in [-0.39, 0.29) is 0 Å². The fourth-order valence-corrected chi connectivity index (χ4v) is 3.52. The van der Waals surface area contributed by atoms with Gasteiger partial charge in [0, 0.05) is 41.3 Å². The van der Waals surface area contributed by atoms with E-state index in [0.29, 0.717) is 6.04 Å². The number of likely N-dealkylation sites (N-methyl/N-ethyl adjacent to an activating group) is 1. The van der Waals surface area contributed by atoms with Crippen LogP contribution in [0.15, 0.2) is 46.5 Å². The third-order valence-electron chi connectivity index (χ3n) is 3.64. The van der Waals surface area contributed by atoms with Gasteiger partial charge < -0.3 is 4.90 Å². The molecule has 1 atom stereocenters. The zero-order valence-electron chi connectivity index (χ0n) is 12.0. The smallest absolute Gasteiger partial charge is 0.112 e. The number of hydrogen-bond donors (Lipinski definition) is 0. The zero-order valence-corrected chi connectivity index (χ0v) is 14.4. The first-order valence-electron chi connectivity index (χ1n) is 6.80. The van der Waals surface area contributed by atoms with Crippen molar-refractivity contribution in [2.45, 2.75) is 19.4 Å². The Bertz CT molecular complexity index is 742. The third-order valence-corrected chi connectivity index (χ3v) is 4.97. The average molecular weight is 362 g/mol. The molecule has 0 bridgehead atoms. The van der Waals surface area contributed by atoms with Gasteiger partial charge in [-0.15, -0.1) is 11.3 Å². The van der Waals surface area contributed by atoms with Gasteiger partial charge in [0.1, 0.15) is 5.52 Å². The monoisotopic (exact) mass is 361 g/mol. The Labute approximate surface area is 136 Å². The number of anilines is 1. The van der Waals surface area contributed by atoms with Crippen LogP contribution in [0.1, 0.15) is 11.8 Å². The number of hydrogen-bond acceptors (Lipinski definition) is 4. The maximum absolute atomic E-state index is 4.53. The minimum Gasteiger partial charge on any atom is -0.370 e. The largest absolute Gasteiger partial charge is 0.370 e. The van der Waals surface area contributed by atoms with Gasteiger partial charge in [-0.3, -0.25) is 9.97 Å². The summed E-state index contributed by atoms with van der Waals surface area (Å²) in [6.07, 6.45) is 4.71. The fourth-order valence-electron chi connectivity index (χ4n) is 2.37. The predicted molar refractivity (Wildman–Crippen MR) is 93.1 cm³/mol. The van der Waals surface area contributed by atoms with E-state index in [1.165, 1.54) is 4.88 Å². The van der Waals surface area contributed by atoms with E-state index in [1.807, 2.05) is 35.9 Å². The van der Waals surface area contributed by atoms with Gasteiger partial charge in [-0.05, 0) is 46.4 Å². The highest BCUT2D eigenvalue weighted by molar-refractivity contribution is 9.10. The van der Waals surface area contributed by atoms with E-state index in [9.17, 15) is 0 Å². The second-order valence-electron chi connectivity index (χ2n) is 5.09. The Morgan fingerprint density at radius 1 is 1.33 bits per heavy atom. The van der Waals surface area contributed by atoms with E-state index < -0.39 is 0 Å². The standard InChI is InChI=1S/C16H16BrN3S/c1-11(8-13-4-3-7-21-13)20(2)15-5-6-18-14-9-12(17)10-19-16(14)15/h3-7,9-11H,8H2,1-2H3. The topological polar surface area (TPSA) is 29.0 Å². The van der Waals surface area contributed by atoms with Crippen LogP contribution in [0.25, 0.3) is 11.0 Å². The molecule has 1 unspecified atom stereocenters. The van der Waals surface area contributed by atoms with E-state index in [0.717, 1.165) is 27.6 Å². The minimum absolute atomic E-state index is 0.402. The van der Waals surface area contributed by atoms with Gasteiger partial charge in [0.25, 0.3) is 0 Å². The van der Waals surface area contributed by atoms with Crippen LogP contribution in [0.4, 0.5) is 5.69 Å². The van der Waals surface area contributed by atoms with E-state index in [4.69, 9.17) is 0 Å². The highest BCUT2D eigenvalue weighted by Gasteiger charge is 2.15. The predicted octanol–water partition coefficient (Wildman–Crippen LogP) is 4.52. The molecule has 108 valence electrons. The molecule has 3 aromatic rings. The van der Waals surface area contributed by atoms with Gasteiger partial charge in [-0.25, -0.2) is 0 Å². The first kappa shape index (κ1) is 14.5. The average Bonchev–Trinajstić information content (AvgIpc) is 2.98. The lowest BCUT2D eigenvalue weighted by atomic mass is 10.1. The quantitative estimate of drug-likeness (QED) is 0.683. The Morgan fingerprint density at radius 3 is 2.95 bits per heavy atom. The summed E-state index contributed by atoms with van der Waals surface area (Å²) in [7, 11) is 2.12. The molecule has 5 heteroatoms. The van der Waals surface area contributed by atoms with Crippen molar-refractivity contribution in [2.75, 3.05) is 11.9 Å². The molecule has 3 rings (SSSR count). The fraction of sp³-hybridized carbons (Fsp3) is 0.250. The molecule has 21 heavy (non-hydrogen) atoms. The van der Waals surface area contributed by atoms with Gasteiger partial charge >= 0.3 is 0 Å². The third kappa shape index (κ3) is 3.09. The maximum atomic E-state index is 4.53. The van der Waals surface area contributed by atoms with Crippen molar-refractivity contribution >= 4 is 44.0 Å². The van der Waals surface area contributed by atoms with Crippen molar-refractivity contribution in [3.63, 3.8) is 0 Å². The second-order valence-corrected chi connectivity index (χ2v) is 7.04. The number of rotatable bonds is 4. The van der Waals surface area contributed by atoms with Crippen molar-refractivity contribution in [3.05, 3.63) is 51.4 Å². The van der Waals surface area contributed by atoms with Gasteiger partial charge in [-0.1, -0.05) is 6.07 Å². The number of pyridine rings is 2. The first-order valence-corrected chi connectivity index (χ1v) is 8.48. The van der Waals surface area contributed by atoms with E-state index in [1.54, 1.807) is 0 Å². The highest BCUT2D eigenvalue weighted by Crippen LogP contribution is 2.27. The van der Waals surface area contributed by atoms with Crippen LogP contribution in [0.5, 0.6) is 0 Å². The van der Waals surface area contributed by atoms with Crippen LogP contribution in [0, 0.1) is 0 Å². The Morgan fingerprint density at radius 2 is 2.19 bits per heavy atom. The number of nitrogens with zero attached hydrogens (tertiary/aromatic N) is 3. The van der Waals surface area contributed by atoms with Crippen LogP contribution < -0.4 is 4.90 Å². The molecule has 0 aromatic carbocycles. The van der Waals surface area contributed by atoms with Gasteiger partial charge in [0.05, 0.1) is 11.2 Å². The van der Waals surface area contributed by atoms with Gasteiger partial charge in [-0.2, -0.15) is 0 Å². The Balaban J connectivity index is 1.92. The van der Waals surface area contributed by atoms with Crippen molar-refractivity contribution in [1.29, 1.82) is 0 Å². The van der Waals surface area contributed by atoms with Crippen molar-refractivity contribution in [2.24, 2.45) is 0 Å². The molecule has 0 saturated carbocycles. The summed E-state index contributed by atoms with van der Waals surface area (Å²) in [5.74, 6) is 0. The molecule has 0 aliphatic carbocycles. The number of thiophene rings is 1. The highest BCUT2D eigenvalue weighted by atomic mass is 79.9. The van der Waals surface area contributed by atoms with Crippen molar-refractivity contribution in [3.8, 4) is 0 Å². The summed E-state index contributed by atoms with van der Waals surface area (Å²) in [4.78, 5) is 12.6. The van der Waals surface area contributed by atoms with Crippen LogP contribution in [-0.2, 0) is 6.42 Å². The minimum atomic E-state index is 0.402. The number of fused-ring (bicyclic) bond motifs is 1. The summed E-state index contributed by atoms with van der Waals surface area (Å²) in [5.41, 5.74) is 2.98. The lowest BCUT2D eigenvalue weighted by molar-refractivity contribution is 0.689. The van der Waals surface area contributed by atoms with Crippen molar-refractivity contribution < 1.29 is 0 Å². The molecular weight excluding hydrogens is 346 g/mol. The molecule has 0 aliphatic heterocycles.